The zero-order valence-electron chi connectivity index (χ0n) is 18.7. The average molecular weight is 492 g/mol. The molecule has 2 aromatic heterocycles. The third kappa shape index (κ3) is 4.74. The summed E-state index contributed by atoms with van der Waals surface area (Å²) in [5.41, 5.74) is 14.6. The molecule has 184 valence electrons. The number of carbonyl (C=O) groups is 2. The molecule has 0 bridgehead atoms. The molecule has 0 aliphatic heterocycles. The summed E-state index contributed by atoms with van der Waals surface area (Å²) in [4.78, 5) is 24.7. The number of hydrogen-bond acceptors (Lipinski definition) is 12. The maximum Gasteiger partial charge on any atom is 0.293 e. The molecule has 15 nitrogen and oxygen atoms in total. The van der Waals surface area contributed by atoms with Crippen LogP contribution >= 0.6 is 0 Å². The lowest BCUT2D eigenvalue weighted by Crippen LogP contribution is -2.22. The number of aromatic nitrogens is 5. The number of amides is 2. The van der Waals surface area contributed by atoms with Crippen LogP contribution in [0.3, 0.4) is 0 Å². The highest BCUT2D eigenvalue weighted by Gasteiger charge is 2.24. The van der Waals surface area contributed by atoms with E-state index < -0.39 is 11.8 Å². The molecule has 36 heavy (non-hydrogen) atoms. The number of rotatable bonds is 9. The molecule has 7 N–H and O–H groups in total. The molecule has 2 aromatic carbocycles. The fourth-order valence-corrected chi connectivity index (χ4v) is 3.20. The minimum atomic E-state index is -0.727. The molecule has 0 atom stereocenters. The first-order chi connectivity index (χ1) is 17.4. The van der Waals surface area contributed by atoms with Crippen LogP contribution in [0.4, 0.5) is 11.5 Å². The average Bonchev–Trinajstić information content (AvgIpc) is 3.49. The Labute approximate surface area is 202 Å². The summed E-state index contributed by atoms with van der Waals surface area (Å²) >= 11 is 0. The number of ether oxygens (including phenoxy) is 1. The summed E-state index contributed by atoms with van der Waals surface area (Å²) in [7, 11) is 1.41. The summed E-state index contributed by atoms with van der Waals surface area (Å²) in [6, 6.07) is 11.4. The third-order valence-electron chi connectivity index (χ3n) is 4.93. The largest absolute Gasteiger partial charge is 0.504 e. The summed E-state index contributed by atoms with van der Waals surface area (Å²) in [5, 5.41) is 32.1. The number of anilines is 2. The van der Waals surface area contributed by atoms with Crippen LogP contribution in [-0.4, -0.2) is 55.6 Å². The number of nitrogens with one attached hydrogen (secondary N) is 2. The molecule has 0 spiro atoms. The number of carbonyl (C=O) groups excluding carboxylic acids is 2. The maximum absolute atomic E-state index is 12.9. The second-order valence-corrected chi connectivity index (χ2v) is 7.13. The molecule has 0 radical (unpaired) electrons. The molecular formula is C21H20N10O5. The number of hydrogen-bond donors (Lipinski definition) is 5. The topological polar surface area (TPSA) is 222 Å². The maximum atomic E-state index is 12.9. The Bertz CT molecular complexity index is 1440. The van der Waals surface area contributed by atoms with Crippen molar-refractivity contribution in [1.29, 1.82) is 0 Å². The van der Waals surface area contributed by atoms with E-state index in [-0.39, 0.29) is 46.6 Å². The molecular weight excluding hydrogens is 472 g/mol. The quantitative estimate of drug-likeness (QED) is 0.159. The fraction of sp³-hybridized carbons (Fsp3) is 0.0952. The zero-order chi connectivity index (χ0) is 25.7. The number of benzene rings is 2. The van der Waals surface area contributed by atoms with Gasteiger partial charge in [-0.25, -0.2) is 10.1 Å². The van der Waals surface area contributed by atoms with E-state index in [1.807, 2.05) is 0 Å². The lowest BCUT2D eigenvalue weighted by atomic mass is 10.1. The number of para-hydroxylation sites is 2. The molecule has 0 unspecified atom stereocenters. The Kier molecular flexibility index (Phi) is 6.71. The van der Waals surface area contributed by atoms with Crippen LogP contribution in [0.15, 0.2) is 52.2 Å². The van der Waals surface area contributed by atoms with Crippen molar-refractivity contribution in [1.82, 2.24) is 30.7 Å². The van der Waals surface area contributed by atoms with E-state index in [0.717, 1.165) is 4.68 Å². The standard InChI is InChI=1S/C21H20N10O5/c1-35-15-8-4-5-11(17(15)32)9-25-27-21(34)16-14(31(30-26-16)20-18(22)28-36-29-20)10-24-13-7-3-2-6-12(13)19(23)33/h2-9,24,32H,10H2,1H3,(H2,22,28)(H2,23,33)(H,27,34)/b25-9-. The van der Waals surface area contributed by atoms with E-state index in [4.69, 9.17) is 16.2 Å². The van der Waals surface area contributed by atoms with Gasteiger partial charge in [-0.2, -0.15) is 9.78 Å². The second-order valence-electron chi connectivity index (χ2n) is 7.13. The highest BCUT2D eigenvalue weighted by Crippen LogP contribution is 2.28. The van der Waals surface area contributed by atoms with Gasteiger partial charge in [-0.3, -0.25) is 9.59 Å². The molecule has 2 heterocycles. The van der Waals surface area contributed by atoms with Gasteiger partial charge in [-0.1, -0.05) is 23.4 Å². The van der Waals surface area contributed by atoms with Crippen LogP contribution in [0, 0.1) is 0 Å². The normalized spacial score (nSPS) is 10.9. The van der Waals surface area contributed by atoms with E-state index in [2.05, 4.69) is 41.1 Å². The molecule has 0 fully saturated rings. The first kappa shape index (κ1) is 23.7. The van der Waals surface area contributed by atoms with Crippen molar-refractivity contribution >= 4 is 29.5 Å². The number of primary amides is 1. The molecule has 15 heteroatoms. The van der Waals surface area contributed by atoms with Crippen LogP contribution in [-0.2, 0) is 6.54 Å². The number of methoxy groups -OCH3 is 1. The smallest absolute Gasteiger partial charge is 0.293 e. The predicted molar refractivity (Wildman–Crippen MR) is 126 cm³/mol. The molecule has 0 saturated heterocycles. The molecule has 0 saturated carbocycles. The van der Waals surface area contributed by atoms with Crippen molar-refractivity contribution in [2.75, 3.05) is 18.2 Å². The molecule has 4 rings (SSSR count). The molecule has 0 aliphatic carbocycles. The van der Waals surface area contributed by atoms with Gasteiger partial charge in [-0.15, -0.1) is 5.10 Å². The van der Waals surface area contributed by atoms with Gasteiger partial charge in [0.05, 0.1) is 31.1 Å². The predicted octanol–water partition coefficient (Wildman–Crippen LogP) is 0.422. The SMILES string of the molecule is COc1cccc(/C=N\NC(=O)c2nnn(-c3nonc3N)c2CNc2ccccc2C(N)=O)c1O. The van der Waals surface area contributed by atoms with E-state index >= 15 is 0 Å². The van der Waals surface area contributed by atoms with Crippen LogP contribution in [0.25, 0.3) is 5.82 Å². The summed E-state index contributed by atoms with van der Waals surface area (Å²) < 4.78 is 10.8. The Morgan fingerprint density at radius 2 is 2.03 bits per heavy atom. The van der Waals surface area contributed by atoms with Crippen LogP contribution in [0.2, 0.25) is 0 Å². The van der Waals surface area contributed by atoms with Gasteiger partial charge in [0.25, 0.3) is 11.8 Å². The zero-order valence-corrected chi connectivity index (χ0v) is 18.7. The Morgan fingerprint density at radius 1 is 1.22 bits per heavy atom. The number of aromatic hydroxyl groups is 1. The van der Waals surface area contributed by atoms with E-state index in [9.17, 15) is 14.7 Å². The highest BCUT2D eigenvalue weighted by molar-refractivity contribution is 5.98. The Hall–Kier alpha value is -5.47. The van der Waals surface area contributed by atoms with Crippen molar-refractivity contribution < 1.29 is 24.1 Å². The van der Waals surface area contributed by atoms with Crippen LogP contribution in [0.1, 0.15) is 32.1 Å². The van der Waals surface area contributed by atoms with Crippen molar-refractivity contribution in [3.63, 3.8) is 0 Å². The van der Waals surface area contributed by atoms with E-state index in [1.54, 1.807) is 42.5 Å². The molecule has 4 aromatic rings. The Morgan fingerprint density at radius 3 is 2.75 bits per heavy atom. The summed E-state index contributed by atoms with van der Waals surface area (Å²) in [6.45, 7) is -0.0489. The highest BCUT2D eigenvalue weighted by atomic mass is 16.6. The lowest BCUT2D eigenvalue weighted by Gasteiger charge is -2.11. The Balaban J connectivity index is 1.61. The first-order valence-corrected chi connectivity index (χ1v) is 10.3. The van der Waals surface area contributed by atoms with Crippen molar-refractivity contribution in [2.45, 2.75) is 6.54 Å². The molecule has 2 amide bonds. The number of nitrogen functional groups attached to an aromatic ring is 1. The minimum Gasteiger partial charge on any atom is -0.504 e. The molecule has 0 aliphatic rings. The summed E-state index contributed by atoms with van der Waals surface area (Å²) in [6.07, 6.45) is 1.24. The van der Waals surface area contributed by atoms with Crippen LogP contribution in [0.5, 0.6) is 11.5 Å². The van der Waals surface area contributed by atoms with Crippen LogP contribution < -0.4 is 26.9 Å². The van der Waals surface area contributed by atoms with Crippen molar-refractivity contribution in [2.24, 2.45) is 10.8 Å². The monoisotopic (exact) mass is 492 g/mol. The minimum absolute atomic E-state index is 0.00587. The van der Waals surface area contributed by atoms with E-state index in [1.165, 1.54) is 13.3 Å². The van der Waals surface area contributed by atoms with Gasteiger partial charge in [0.1, 0.15) is 0 Å². The second kappa shape index (κ2) is 10.2. The number of hydrazone groups is 1. The number of nitrogens with zero attached hydrogens (tertiary/aromatic N) is 6. The van der Waals surface area contributed by atoms with Gasteiger partial charge in [0.2, 0.25) is 11.6 Å². The van der Waals surface area contributed by atoms with Crippen molar-refractivity contribution in [3.05, 3.63) is 65.0 Å². The van der Waals surface area contributed by atoms with Gasteiger partial charge in [-0.05, 0) is 34.6 Å². The number of nitrogens with two attached hydrogens (primary N) is 2. The van der Waals surface area contributed by atoms with Gasteiger partial charge in [0, 0.05) is 11.3 Å². The third-order valence-corrected chi connectivity index (χ3v) is 4.93. The summed E-state index contributed by atoms with van der Waals surface area (Å²) in [5.74, 6) is -1.34. The van der Waals surface area contributed by atoms with Crippen molar-refractivity contribution in [3.8, 4) is 17.3 Å². The van der Waals surface area contributed by atoms with Gasteiger partial charge >= 0.3 is 0 Å². The van der Waals surface area contributed by atoms with E-state index in [0.29, 0.717) is 11.3 Å². The fourth-order valence-electron chi connectivity index (χ4n) is 3.20. The van der Waals surface area contributed by atoms with Gasteiger partial charge in [0.15, 0.2) is 17.2 Å². The van der Waals surface area contributed by atoms with Gasteiger partial charge < -0.3 is 26.6 Å². The lowest BCUT2D eigenvalue weighted by molar-refractivity contribution is 0.0947. The number of phenolic OH excluding ortho intramolecular Hbond substituents is 1. The number of phenols is 1. The first-order valence-electron chi connectivity index (χ1n) is 10.3.